The highest BCUT2D eigenvalue weighted by Gasteiger charge is 2.34. The average Bonchev–Trinajstić information content (AvgIpc) is 3.12. The molecule has 0 aliphatic heterocycles. The summed E-state index contributed by atoms with van der Waals surface area (Å²) in [4.78, 5) is 9.03. The summed E-state index contributed by atoms with van der Waals surface area (Å²) in [5.41, 5.74) is 1.87. The van der Waals surface area contributed by atoms with Crippen molar-refractivity contribution < 1.29 is 17.6 Å². The molecule has 3 heterocycles. The van der Waals surface area contributed by atoms with E-state index < -0.39 is 17.8 Å². The molecule has 142 valence electrons. The summed E-state index contributed by atoms with van der Waals surface area (Å²) in [6, 6.07) is 4.35. The molecule has 0 aromatic carbocycles. The largest absolute Gasteiger partial charge is 0.433 e. The van der Waals surface area contributed by atoms with E-state index >= 15 is 0 Å². The standard InChI is InChI=1S/C16H14F4N6S/c1-8-4-5-12(27-8)11-6-13(16(18,19)20)23-15(22-11)24-21-7-10-9(2)25-26(3)14(10)17/h4-7H,1-3H3,(H,22,23,24)/b21-7+. The van der Waals surface area contributed by atoms with Crippen molar-refractivity contribution in [2.45, 2.75) is 20.0 Å². The Labute approximate surface area is 155 Å². The molecule has 0 saturated heterocycles. The molecule has 0 bridgehead atoms. The normalized spacial score (nSPS) is 12.1. The quantitative estimate of drug-likeness (QED) is 0.407. The lowest BCUT2D eigenvalue weighted by molar-refractivity contribution is -0.141. The fourth-order valence-corrected chi connectivity index (χ4v) is 3.12. The molecular weight excluding hydrogens is 384 g/mol. The van der Waals surface area contributed by atoms with Gasteiger partial charge in [0.1, 0.15) is 0 Å². The Bertz CT molecular complexity index is 1000. The van der Waals surface area contributed by atoms with Crippen LogP contribution in [0.3, 0.4) is 0 Å². The third-order valence-corrected chi connectivity index (χ3v) is 4.59. The van der Waals surface area contributed by atoms with Gasteiger partial charge in [0.05, 0.1) is 28.0 Å². The van der Waals surface area contributed by atoms with E-state index in [1.807, 2.05) is 6.92 Å². The van der Waals surface area contributed by atoms with Gasteiger partial charge in [0.25, 0.3) is 0 Å². The van der Waals surface area contributed by atoms with Gasteiger partial charge in [-0.15, -0.1) is 11.3 Å². The van der Waals surface area contributed by atoms with Crippen molar-refractivity contribution >= 4 is 23.5 Å². The fraction of sp³-hybridized carbons (Fsp3) is 0.250. The number of nitrogens with one attached hydrogen (secondary N) is 1. The SMILES string of the molecule is Cc1ccc(-c2cc(C(F)(F)F)nc(N/N=C/c3c(C)nn(C)c3F)n2)s1. The van der Waals surface area contributed by atoms with Gasteiger partial charge in [-0.3, -0.25) is 0 Å². The Morgan fingerprint density at radius 3 is 2.52 bits per heavy atom. The van der Waals surface area contributed by atoms with Crippen LogP contribution in [-0.4, -0.2) is 26.0 Å². The second-order valence-electron chi connectivity index (χ2n) is 5.65. The third-order valence-electron chi connectivity index (χ3n) is 3.56. The average molecular weight is 398 g/mol. The number of anilines is 1. The number of hydrazone groups is 1. The Morgan fingerprint density at radius 1 is 1.22 bits per heavy atom. The van der Waals surface area contributed by atoms with Gasteiger partial charge in [-0.25, -0.2) is 20.1 Å². The van der Waals surface area contributed by atoms with E-state index in [0.717, 1.165) is 21.8 Å². The Balaban J connectivity index is 1.93. The molecule has 0 aliphatic rings. The van der Waals surface area contributed by atoms with Gasteiger partial charge in [0.15, 0.2) is 5.69 Å². The van der Waals surface area contributed by atoms with Gasteiger partial charge >= 0.3 is 6.18 Å². The maximum absolute atomic E-state index is 13.9. The highest BCUT2D eigenvalue weighted by Crippen LogP contribution is 2.33. The number of halogens is 4. The van der Waals surface area contributed by atoms with Crippen LogP contribution in [0.1, 0.15) is 21.8 Å². The first-order chi connectivity index (χ1) is 12.6. The highest BCUT2D eigenvalue weighted by molar-refractivity contribution is 7.15. The smallest absolute Gasteiger partial charge is 0.245 e. The van der Waals surface area contributed by atoms with Crippen LogP contribution in [0.25, 0.3) is 10.6 Å². The zero-order valence-corrected chi connectivity index (χ0v) is 15.3. The lowest BCUT2D eigenvalue weighted by Gasteiger charge is -2.09. The zero-order chi connectivity index (χ0) is 19.8. The summed E-state index contributed by atoms with van der Waals surface area (Å²) in [5.74, 6) is -0.957. The fourth-order valence-electron chi connectivity index (χ4n) is 2.29. The lowest BCUT2D eigenvalue weighted by atomic mass is 10.2. The predicted molar refractivity (Wildman–Crippen MR) is 94.2 cm³/mol. The topological polar surface area (TPSA) is 68.0 Å². The summed E-state index contributed by atoms with van der Waals surface area (Å²) in [7, 11) is 1.43. The first-order valence-electron chi connectivity index (χ1n) is 7.66. The van der Waals surface area contributed by atoms with Crippen LogP contribution in [0.2, 0.25) is 0 Å². The van der Waals surface area contributed by atoms with E-state index in [4.69, 9.17) is 0 Å². The molecule has 0 fully saturated rings. The summed E-state index contributed by atoms with van der Waals surface area (Å²) < 4.78 is 54.3. The number of aryl methyl sites for hydroxylation is 3. The number of aromatic nitrogens is 4. The van der Waals surface area contributed by atoms with E-state index in [-0.39, 0.29) is 17.2 Å². The molecule has 1 N–H and O–H groups in total. The van der Waals surface area contributed by atoms with Crippen LogP contribution < -0.4 is 5.43 Å². The molecule has 3 rings (SSSR count). The minimum atomic E-state index is -4.64. The summed E-state index contributed by atoms with van der Waals surface area (Å²) in [6.07, 6.45) is -3.52. The van der Waals surface area contributed by atoms with Crippen molar-refractivity contribution in [2.75, 3.05) is 5.43 Å². The maximum atomic E-state index is 13.9. The van der Waals surface area contributed by atoms with Crippen LogP contribution >= 0.6 is 11.3 Å². The molecule has 0 aliphatic carbocycles. The third kappa shape index (κ3) is 4.13. The van der Waals surface area contributed by atoms with Crippen molar-refractivity contribution in [1.29, 1.82) is 0 Å². The van der Waals surface area contributed by atoms with Crippen molar-refractivity contribution in [1.82, 2.24) is 19.7 Å². The molecule has 27 heavy (non-hydrogen) atoms. The van der Waals surface area contributed by atoms with Crippen LogP contribution in [0.5, 0.6) is 0 Å². The van der Waals surface area contributed by atoms with Gasteiger partial charge in [0, 0.05) is 11.9 Å². The monoisotopic (exact) mass is 398 g/mol. The molecule has 6 nitrogen and oxygen atoms in total. The van der Waals surface area contributed by atoms with Crippen LogP contribution in [0, 0.1) is 19.8 Å². The molecule has 0 spiro atoms. The Morgan fingerprint density at radius 2 is 1.96 bits per heavy atom. The highest BCUT2D eigenvalue weighted by atomic mass is 32.1. The second kappa shape index (κ2) is 7.06. The summed E-state index contributed by atoms with van der Waals surface area (Å²) in [5, 5.41) is 7.64. The van der Waals surface area contributed by atoms with Crippen LogP contribution in [0.15, 0.2) is 23.3 Å². The van der Waals surface area contributed by atoms with Crippen molar-refractivity contribution in [3.63, 3.8) is 0 Å². The number of nitrogens with zero attached hydrogens (tertiary/aromatic N) is 5. The number of hydrogen-bond acceptors (Lipinski definition) is 6. The maximum Gasteiger partial charge on any atom is 0.433 e. The van der Waals surface area contributed by atoms with Crippen molar-refractivity contribution in [3.8, 4) is 10.6 Å². The van der Waals surface area contributed by atoms with Gasteiger partial charge in [-0.1, -0.05) is 0 Å². The number of rotatable bonds is 4. The van der Waals surface area contributed by atoms with E-state index in [9.17, 15) is 17.6 Å². The second-order valence-corrected chi connectivity index (χ2v) is 6.94. The first-order valence-corrected chi connectivity index (χ1v) is 8.48. The zero-order valence-electron chi connectivity index (χ0n) is 14.5. The van der Waals surface area contributed by atoms with Gasteiger partial charge in [-0.2, -0.15) is 27.8 Å². The Kier molecular flexibility index (Phi) is 4.96. The molecule has 3 aromatic heterocycles. The molecule has 0 saturated carbocycles. The number of alkyl halides is 3. The molecule has 0 unspecified atom stereocenters. The molecule has 0 atom stereocenters. The molecular formula is C16H14F4N6S. The molecule has 0 radical (unpaired) electrons. The summed E-state index contributed by atoms with van der Waals surface area (Å²) in [6.45, 7) is 3.43. The molecule has 3 aromatic rings. The van der Waals surface area contributed by atoms with E-state index in [2.05, 4.69) is 25.6 Å². The predicted octanol–water partition coefficient (Wildman–Crippen LogP) is 4.16. The van der Waals surface area contributed by atoms with Crippen molar-refractivity contribution in [2.24, 2.45) is 12.1 Å². The van der Waals surface area contributed by atoms with Crippen molar-refractivity contribution in [3.05, 3.63) is 46.0 Å². The van der Waals surface area contributed by atoms with Gasteiger partial charge < -0.3 is 0 Å². The van der Waals surface area contributed by atoms with E-state index in [1.54, 1.807) is 19.1 Å². The van der Waals surface area contributed by atoms with Gasteiger partial charge in [-0.05, 0) is 32.0 Å². The van der Waals surface area contributed by atoms with E-state index in [0.29, 0.717) is 10.6 Å². The minimum Gasteiger partial charge on any atom is -0.245 e. The number of thiophene rings is 1. The molecule has 0 amide bonds. The Hall–Kier alpha value is -2.82. The number of hydrogen-bond donors (Lipinski definition) is 1. The summed E-state index contributed by atoms with van der Waals surface area (Å²) >= 11 is 1.31. The van der Waals surface area contributed by atoms with Crippen LogP contribution in [-0.2, 0) is 13.2 Å². The first kappa shape index (κ1) is 19.0. The van der Waals surface area contributed by atoms with Crippen LogP contribution in [0.4, 0.5) is 23.5 Å². The minimum absolute atomic E-state index is 0.117. The lowest BCUT2D eigenvalue weighted by Crippen LogP contribution is -2.11. The van der Waals surface area contributed by atoms with Gasteiger partial charge in [0.2, 0.25) is 11.9 Å². The van der Waals surface area contributed by atoms with E-state index in [1.165, 1.54) is 18.4 Å². The molecule has 11 heteroatoms.